The summed E-state index contributed by atoms with van der Waals surface area (Å²) >= 11 is 13.6. The van der Waals surface area contributed by atoms with E-state index in [-0.39, 0.29) is 5.78 Å². The molecule has 0 aromatic heterocycles. The van der Waals surface area contributed by atoms with Gasteiger partial charge in [0.15, 0.2) is 5.78 Å². The Labute approximate surface area is 150 Å². The summed E-state index contributed by atoms with van der Waals surface area (Å²) < 4.78 is 1.71. The fourth-order valence-corrected chi connectivity index (χ4v) is 4.75. The summed E-state index contributed by atoms with van der Waals surface area (Å²) in [5, 5.41) is 0. The second kappa shape index (κ2) is 6.14. The molecular formula is C13H10Br4N2O. The first-order valence-corrected chi connectivity index (χ1v) is 8.85. The van der Waals surface area contributed by atoms with Crippen molar-refractivity contribution in [3.63, 3.8) is 0 Å². The van der Waals surface area contributed by atoms with E-state index in [2.05, 4.69) is 63.7 Å². The van der Waals surface area contributed by atoms with Gasteiger partial charge >= 0.3 is 0 Å². The molecule has 0 heterocycles. The van der Waals surface area contributed by atoms with Crippen molar-refractivity contribution in [2.75, 3.05) is 0 Å². The zero-order valence-corrected chi connectivity index (χ0v) is 16.4. The highest BCUT2D eigenvalue weighted by molar-refractivity contribution is 9.15. The maximum atomic E-state index is 12.6. The monoisotopic (exact) mass is 526 g/mol. The van der Waals surface area contributed by atoms with E-state index in [4.69, 9.17) is 11.5 Å². The number of ketones is 1. The Hall–Kier alpha value is 0.210. The second-order valence-electron chi connectivity index (χ2n) is 4.34. The maximum absolute atomic E-state index is 12.6. The molecule has 1 aliphatic carbocycles. The molecule has 7 heteroatoms. The van der Waals surface area contributed by atoms with Gasteiger partial charge in [0.05, 0.1) is 4.83 Å². The average Bonchev–Trinajstić information content (AvgIpc) is 2.44. The third-order valence-electron chi connectivity index (χ3n) is 2.94. The summed E-state index contributed by atoms with van der Waals surface area (Å²) in [5.74, 6) is -0.110. The van der Waals surface area contributed by atoms with Crippen LogP contribution in [0.1, 0.15) is 10.4 Å². The van der Waals surface area contributed by atoms with Crippen LogP contribution in [0.2, 0.25) is 0 Å². The lowest BCUT2D eigenvalue weighted by Gasteiger charge is -2.35. The van der Waals surface area contributed by atoms with Crippen LogP contribution >= 0.6 is 63.7 Å². The third-order valence-corrected chi connectivity index (χ3v) is 8.03. The van der Waals surface area contributed by atoms with Crippen LogP contribution in [-0.2, 0) is 0 Å². The summed E-state index contributed by atoms with van der Waals surface area (Å²) in [7, 11) is 0. The molecule has 3 nitrogen and oxygen atoms in total. The minimum atomic E-state index is -1.14. The molecule has 1 unspecified atom stereocenters. The Morgan fingerprint density at radius 1 is 1.10 bits per heavy atom. The quantitative estimate of drug-likeness (QED) is 0.347. The number of benzene rings is 1. The third kappa shape index (κ3) is 2.76. The van der Waals surface area contributed by atoms with Gasteiger partial charge in [-0.05, 0) is 15.9 Å². The van der Waals surface area contributed by atoms with Crippen molar-refractivity contribution in [1.29, 1.82) is 0 Å². The molecule has 0 radical (unpaired) electrons. The topological polar surface area (TPSA) is 69.1 Å². The van der Waals surface area contributed by atoms with Crippen LogP contribution in [0.3, 0.4) is 0 Å². The van der Waals surface area contributed by atoms with Gasteiger partial charge in [0.1, 0.15) is 5.66 Å². The number of allylic oxidation sites excluding steroid dienone is 2. The van der Waals surface area contributed by atoms with E-state index < -0.39 is 10.5 Å². The van der Waals surface area contributed by atoms with Crippen molar-refractivity contribution in [3.8, 4) is 0 Å². The first kappa shape index (κ1) is 16.6. The molecule has 2 rings (SSSR count). The summed E-state index contributed by atoms with van der Waals surface area (Å²) in [6.07, 6.45) is 0. The Bertz CT molecular complexity index is 623. The zero-order chi connectivity index (χ0) is 15.1. The van der Waals surface area contributed by atoms with Gasteiger partial charge in [0.2, 0.25) is 0 Å². The predicted molar refractivity (Wildman–Crippen MR) is 95.4 cm³/mol. The van der Waals surface area contributed by atoms with Crippen LogP contribution in [0.25, 0.3) is 0 Å². The normalized spacial score (nSPS) is 22.2. The van der Waals surface area contributed by atoms with Gasteiger partial charge < -0.3 is 11.5 Å². The highest BCUT2D eigenvalue weighted by atomic mass is 79.9. The number of nitrogens with two attached hydrogens (primary N) is 2. The van der Waals surface area contributed by atoms with Gasteiger partial charge in [0, 0.05) is 24.6 Å². The molecule has 1 aromatic rings. The lowest BCUT2D eigenvalue weighted by atomic mass is 9.93. The van der Waals surface area contributed by atoms with Gasteiger partial charge in [0.25, 0.3) is 0 Å². The first-order valence-electron chi connectivity index (χ1n) is 5.55. The van der Waals surface area contributed by atoms with Crippen molar-refractivity contribution in [2.45, 2.75) is 10.5 Å². The molecule has 20 heavy (non-hydrogen) atoms. The van der Waals surface area contributed by atoms with Crippen LogP contribution < -0.4 is 11.5 Å². The number of halogens is 4. The van der Waals surface area contributed by atoms with Crippen molar-refractivity contribution < 1.29 is 4.79 Å². The standard InChI is InChI=1S/C13H10Br4N2O/c14-8-7(10(20)6-4-2-1-3-5-6)9(15)12(17)13(18,19)11(8)16/h1-5,11H,18-19H2. The molecule has 0 spiro atoms. The SMILES string of the molecule is NC1(N)C(Br)=C(Br)C(C(=O)c2ccccc2)=C(Br)C1Br. The molecular weight excluding hydrogens is 520 g/mol. The molecule has 0 fully saturated rings. The lowest BCUT2D eigenvalue weighted by molar-refractivity contribution is 0.103. The van der Waals surface area contributed by atoms with Crippen LogP contribution in [0, 0.1) is 0 Å². The van der Waals surface area contributed by atoms with Crippen LogP contribution in [-0.4, -0.2) is 16.3 Å². The molecule has 1 atom stereocenters. The molecule has 1 aliphatic rings. The molecule has 0 saturated carbocycles. The molecule has 0 saturated heterocycles. The van der Waals surface area contributed by atoms with E-state index in [0.29, 0.717) is 24.6 Å². The number of alkyl halides is 1. The highest BCUT2D eigenvalue weighted by Crippen LogP contribution is 2.45. The van der Waals surface area contributed by atoms with Crippen LogP contribution in [0.4, 0.5) is 0 Å². The van der Waals surface area contributed by atoms with Gasteiger partial charge in [-0.2, -0.15) is 0 Å². The van der Waals surface area contributed by atoms with E-state index in [1.54, 1.807) is 12.1 Å². The first-order chi connectivity index (χ1) is 9.28. The molecule has 0 amide bonds. The van der Waals surface area contributed by atoms with E-state index in [1.807, 2.05) is 18.2 Å². The summed E-state index contributed by atoms with van der Waals surface area (Å²) in [5.41, 5.74) is 12.1. The lowest BCUT2D eigenvalue weighted by Crippen LogP contribution is -2.58. The van der Waals surface area contributed by atoms with Crippen LogP contribution in [0.5, 0.6) is 0 Å². The number of rotatable bonds is 2. The summed E-state index contributed by atoms with van der Waals surface area (Å²) in [6, 6.07) is 9.03. The predicted octanol–water partition coefficient (Wildman–Crippen LogP) is 3.91. The molecule has 0 bridgehead atoms. The zero-order valence-electron chi connectivity index (χ0n) is 10.0. The van der Waals surface area contributed by atoms with E-state index >= 15 is 0 Å². The fourth-order valence-electron chi connectivity index (χ4n) is 1.79. The summed E-state index contributed by atoms with van der Waals surface area (Å²) in [6.45, 7) is 0. The molecule has 106 valence electrons. The molecule has 1 aromatic carbocycles. The highest BCUT2D eigenvalue weighted by Gasteiger charge is 2.42. The van der Waals surface area contributed by atoms with Gasteiger partial charge in [-0.1, -0.05) is 78.1 Å². The van der Waals surface area contributed by atoms with Gasteiger partial charge in [-0.3, -0.25) is 4.79 Å². The second-order valence-corrected chi connectivity index (χ2v) is 7.70. The van der Waals surface area contributed by atoms with Crippen LogP contribution in [0.15, 0.2) is 49.4 Å². The van der Waals surface area contributed by atoms with E-state index in [9.17, 15) is 4.79 Å². The Balaban J connectivity index is 2.57. The Morgan fingerprint density at radius 3 is 2.20 bits per heavy atom. The average molecular weight is 530 g/mol. The van der Waals surface area contributed by atoms with E-state index in [0.717, 1.165) is 0 Å². The minimum Gasteiger partial charge on any atom is -0.308 e. The Kier molecular flexibility index (Phi) is 5.09. The van der Waals surface area contributed by atoms with E-state index in [1.165, 1.54) is 0 Å². The van der Waals surface area contributed by atoms with Crippen molar-refractivity contribution in [2.24, 2.45) is 11.5 Å². The number of Topliss-reactive ketones (excluding diaryl/α,β-unsaturated/α-hetero) is 1. The van der Waals surface area contributed by atoms with Crippen molar-refractivity contribution in [3.05, 3.63) is 54.9 Å². The fraction of sp³-hybridized carbons (Fsp3) is 0.154. The molecule has 0 aliphatic heterocycles. The Morgan fingerprint density at radius 2 is 1.65 bits per heavy atom. The largest absolute Gasteiger partial charge is 0.308 e. The number of carbonyl (C=O) groups excluding carboxylic acids is 1. The smallest absolute Gasteiger partial charge is 0.195 e. The number of carbonyl (C=O) groups is 1. The van der Waals surface area contributed by atoms with Crippen molar-refractivity contribution >= 4 is 69.5 Å². The number of hydrogen-bond donors (Lipinski definition) is 2. The number of hydrogen-bond acceptors (Lipinski definition) is 3. The maximum Gasteiger partial charge on any atom is 0.195 e. The molecule has 4 N–H and O–H groups in total. The minimum absolute atomic E-state index is 0.110. The van der Waals surface area contributed by atoms with Crippen molar-refractivity contribution in [1.82, 2.24) is 0 Å². The summed E-state index contributed by atoms with van der Waals surface area (Å²) in [4.78, 5) is 12.2. The van der Waals surface area contributed by atoms with Gasteiger partial charge in [-0.25, -0.2) is 0 Å². The van der Waals surface area contributed by atoms with Gasteiger partial charge in [-0.15, -0.1) is 0 Å².